The first-order valence-electron chi connectivity index (χ1n) is 3.49. The van der Waals surface area contributed by atoms with Gasteiger partial charge in [0.1, 0.15) is 0 Å². The van der Waals surface area contributed by atoms with Crippen molar-refractivity contribution in [1.29, 1.82) is 0 Å². The van der Waals surface area contributed by atoms with Crippen molar-refractivity contribution in [2.45, 2.75) is 6.92 Å². The Morgan fingerprint density at radius 1 is 1.55 bits per heavy atom. The molecule has 0 bridgehead atoms. The smallest absolute Gasteiger partial charge is 0.236 e. The van der Waals surface area contributed by atoms with E-state index in [1.54, 1.807) is 25.9 Å². The molecule has 0 aliphatic heterocycles. The van der Waals surface area contributed by atoms with Gasteiger partial charge in [-0.1, -0.05) is 5.92 Å². The van der Waals surface area contributed by atoms with Gasteiger partial charge in [0.2, 0.25) is 5.91 Å². The van der Waals surface area contributed by atoms with Crippen LogP contribution in [0.4, 0.5) is 0 Å². The van der Waals surface area contributed by atoms with Crippen LogP contribution in [0.15, 0.2) is 0 Å². The summed E-state index contributed by atoms with van der Waals surface area (Å²) in [7, 11) is 3.46. The van der Waals surface area contributed by atoms with Crippen LogP contribution in [0.5, 0.6) is 0 Å². The summed E-state index contributed by atoms with van der Waals surface area (Å²) < 4.78 is 0. The first-order valence-corrected chi connectivity index (χ1v) is 3.49. The highest BCUT2D eigenvalue weighted by Crippen LogP contribution is 1.74. The molecule has 11 heavy (non-hydrogen) atoms. The van der Waals surface area contributed by atoms with Crippen LogP contribution in [-0.4, -0.2) is 38.0 Å². The minimum absolute atomic E-state index is 0.0721. The zero-order valence-corrected chi connectivity index (χ0v) is 7.27. The highest BCUT2D eigenvalue weighted by Gasteiger charge is 2.00. The van der Waals surface area contributed by atoms with Gasteiger partial charge in [-0.05, 0) is 6.92 Å². The summed E-state index contributed by atoms with van der Waals surface area (Å²) in [5.41, 5.74) is 0. The quantitative estimate of drug-likeness (QED) is 0.446. The molecule has 0 rings (SSSR count). The predicted octanol–water partition coefficient (Wildman–Crippen LogP) is -0.312. The molecule has 0 unspecified atom stereocenters. The highest BCUT2D eigenvalue weighted by atomic mass is 16.2. The van der Waals surface area contributed by atoms with Crippen molar-refractivity contribution in [2.75, 3.05) is 27.2 Å². The monoisotopic (exact) mass is 154 g/mol. The van der Waals surface area contributed by atoms with E-state index in [-0.39, 0.29) is 5.91 Å². The summed E-state index contributed by atoms with van der Waals surface area (Å²) in [6.07, 6.45) is 0. The van der Waals surface area contributed by atoms with Crippen molar-refractivity contribution in [3.63, 3.8) is 0 Å². The van der Waals surface area contributed by atoms with E-state index >= 15 is 0 Å². The SMILES string of the molecule is CC#CCNCC(=O)N(C)C. The maximum atomic E-state index is 10.9. The Bertz CT molecular complexity index is 176. The lowest BCUT2D eigenvalue weighted by Gasteiger charge is -2.09. The fraction of sp³-hybridized carbons (Fsp3) is 0.625. The van der Waals surface area contributed by atoms with Gasteiger partial charge in [0.05, 0.1) is 13.1 Å². The van der Waals surface area contributed by atoms with E-state index in [0.717, 1.165) is 0 Å². The Morgan fingerprint density at radius 2 is 2.18 bits per heavy atom. The molecule has 1 N–H and O–H groups in total. The molecule has 0 aliphatic rings. The normalized spacial score (nSPS) is 8.27. The summed E-state index contributed by atoms with van der Waals surface area (Å²) in [6, 6.07) is 0. The van der Waals surface area contributed by atoms with Crippen molar-refractivity contribution in [1.82, 2.24) is 10.2 Å². The van der Waals surface area contributed by atoms with Gasteiger partial charge in [-0.2, -0.15) is 0 Å². The van der Waals surface area contributed by atoms with Gasteiger partial charge < -0.3 is 4.90 Å². The molecule has 0 saturated carbocycles. The second-order valence-corrected chi connectivity index (χ2v) is 2.32. The number of carbonyl (C=O) groups is 1. The van der Waals surface area contributed by atoms with E-state index in [2.05, 4.69) is 17.2 Å². The highest BCUT2D eigenvalue weighted by molar-refractivity contribution is 5.77. The Balaban J connectivity index is 3.37. The lowest BCUT2D eigenvalue weighted by Crippen LogP contribution is -2.33. The molecule has 0 atom stereocenters. The van der Waals surface area contributed by atoms with Gasteiger partial charge in [-0.25, -0.2) is 0 Å². The summed E-state index contributed by atoms with van der Waals surface area (Å²) in [5.74, 6) is 5.62. The van der Waals surface area contributed by atoms with E-state index in [1.807, 2.05) is 0 Å². The molecule has 0 aromatic carbocycles. The van der Waals surface area contributed by atoms with Crippen molar-refractivity contribution in [3.05, 3.63) is 0 Å². The molecule has 0 heterocycles. The third kappa shape index (κ3) is 5.43. The average Bonchev–Trinajstić information content (AvgIpc) is 1.97. The number of hydrogen-bond donors (Lipinski definition) is 1. The van der Waals surface area contributed by atoms with E-state index in [4.69, 9.17) is 0 Å². The molecule has 0 radical (unpaired) electrons. The lowest BCUT2D eigenvalue weighted by molar-refractivity contribution is -0.127. The number of amides is 1. The molecule has 1 amide bonds. The molecule has 3 nitrogen and oxygen atoms in total. The number of rotatable bonds is 3. The van der Waals surface area contributed by atoms with Gasteiger partial charge in [0.15, 0.2) is 0 Å². The van der Waals surface area contributed by atoms with E-state index in [1.165, 1.54) is 0 Å². The summed E-state index contributed by atoms with van der Waals surface area (Å²) in [5, 5.41) is 2.90. The van der Waals surface area contributed by atoms with Crippen molar-refractivity contribution in [3.8, 4) is 11.8 Å². The van der Waals surface area contributed by atoms with Crippen LogP contribution in [0.2, 0.25) is 0 Å². The first-order chi connectivity index (χ1) is 5.18. The minimum atomic E-state index is 0.0721. The maximum absolute atomic E-state index is 10.9. The van der Waals surface area contributed by atoms with E-state index in [9.17, 15) is 4.79 Å². The molecule has 0 spiro atoms. The average molecular weight is 154 g/mol. The zero-order chi connectivity index (χ0) is 8.69. The van der Waals surface area contributed by atoms with Crippen LogP contribution >= 0.6 is 0 Å². The number of nitrogens with zero attached hydrogens (tertiary/aromatic N) is 1. The number of likely N-dealkylation sites (N-methyl/N-ethyl adjacent to an activating group) is 1. The van der Waals surface area contributed by atoms with Gasteiger partial charge in [-0.15, -0.1) is 5.92 Å². The number of nitrogens with one attached hydrogen (secondary N) is 1. The van der Waals surface area contributed by atoms with Crippen molar-refractivity contribution >= 4 is 5.91 Å². The Kier molecular flexibility index (Phi) is 5.22. The molecule has 0 saturated heterocycles. The van der Waals surface area contributed by atoms with Crippen LogP contribution in [0, 0.1) is 11.8 Å². The molecule has 0 aliphatic carbocycles. The van der Waals surface area contributed by atoms with Crippen LogP contribution in [0.3, 0.4) is 0 Å². The lowest BCUT2D eigenvalue weighted by atomic mass is 10.5. The zero-order valence-electron chi connectivity index (χ0n) is 7.27. The predicted molar refractivity (Wildman–Crippen MR) is 45.0 cm³/mol. The fourth-order valence-corrected chi connectivity index (χ4v) is 0.478. The fourth-order valence-electron chi connectivity index (χ4n) is 0.478. The molecule has 62 valence electrons. The molecule has 0 aromatic rings. The van der Waals surface area contributed by atoms with Crippen LogP contribution in [-0.2, 0) is 4.79 Å². The Hall–Kier alpha value is -1.01. The molecular weight excluding hydrogens is 140 g/mol. The Morgan fingerprint density at radius 3 is 2.64 bits per heavy atom. The van der Waals surface area contributed by atoms with E-state index < -0.39 is 0 Å². The molecular formula is C8H14N2O. The standard InChI is InChI=1S/C8H14N2O/c1-4-5-6-9-7-8(11)10(2)3/h9H,6-7H2,1-3H3. The van der Waals surface area contributed by atoms with Gasteiger partial charge in [0, 0.05) is 14.1 Å². The maximum Gasteiger partial charge on any atom is 0.236 e. The molecule has 0 aromatic heterocycles. The third-order valence-electron chi connectivity index (χ3n) is 1.17. The van der Waals surface area contributed by atoms with Crippen LogP contribution < -0.4 is 5.32 Å². The van der Waals surface area contributed by atoms with Crippen LogP contribution in [0.1, 0.15) is 6.92 Å². The summed E-state index contributed by atoms with van der Waals surface area (Å²) in [6.45, 7) is 2.72. The van der Waals surface area contributed by atoms with Crippen molar-refractivity contribution < 1.29 is 4.79 Å². The van der Waals surface area contributed by atoms with Gasteiger partial charge in [-0.3, -0.25) is 10.1 Å². The summed E-state index contributed by atoms with van der Waals surface area (Å²) in [4.78, 5) is 12.5. The topological polar surface area (TPSA) is 32.3 Å². The Labute approximate surface area is 67.8 Å². The van der Waals surface area contributed by atoms with E-state index in [0.29, 0.717) is 13.1 Å². The number of hydrogen-bond acceptors (Lipinski definition) is 2. The first kappa shape index (κ1) is 9.99. The molecule has 3 heteroatoms. The van der Waals surface area contributed by atoms with Crippen LogP contribution in [0.25, 0.3) is 0 Å². The molecule has 0 fully saturated rings. The second-order valence-electron chi connectivity index (χ2n) is 2.32. The second kappa shape index (κ2) is 5.75. The third-order valence-corrected chi connectivity index (χ3v) is 1.17. The van der Waals surface area contributed by atoms with Crippen molar-refractivity contribution in [2.24, 2.45) is 0 Å². The van der Waals surface area contributed by atoms with Gasteiger partial charge in [0.25, 0.3) is 0 Å². The summed E-state index contributed by atoms with van der Waals surface area (Å²) >= 11 is 0. The largest absolute Gasteiger partial charge is 0.348 e. The van der Waals surface area contributed by atoms with Gasteiger partial charge >= 0.3 is 0 Å². The number of carbonyl (C=O) groups excluding carboxylic acids is 1. The minimum Gasteiger partial charge on any atom is -0.348 e.